The smallest absolute Gasteiger partial charge is 0.165 e. The molecule has 0 aliphatic carbocycles. The molecule has 0 atom stereocenters. The predicted molar refractivity (Wildman–Crippen MR) is 55.2 cm³/mol. The van der Waals surface area contributed by atoms with Gasteiger partial charge in [0.15, 0.2) is 11.5 Å². The van der Waals surface area contributed by atoms with E-state index in [4.69, 9.17) is 21.1 Å². The fourth-order valence-corrected chi connectivity index (χ4v) is 1.75. The van der Waals surface area contributed by atoms with E-state index in [9.17, 15) is 0 Å². The van der Waals surface area contributed by atoms with E-state index in [0.717, 1.165) is 24.4 Å². The second kappa shape index (κ2) is 4.07. The van der Waals surface area contributed by atoms with Crippen LogP contribution in [0.2, 0.25) is 5.02 Å². The molecule has 1 heterocycles. The summed E-state index contributed by atoms with van der Waals surface area (Å²) in [4.78, 5) is 0. The summed E-state index contributed by atoms with van der Waals surface area (Å²) in [6.45, 7) is 2.27. The highest BCUT2D eigenvalue weighted by atomic mass is 35.5. The van der Waals surface area contributed by atoms with Gasteiger partial charge in [0.25, 0.3) is 0 Å². The molecule has 0 aromatic heterocycles. The van der Waals surface area contributed by atoms with Crippen LogP contribution in [0.15, 0.2) is 12.1 Å². The average molecular weight is 214 g/mol. The number of halogens is 1. The Bertz CT molecular complexity index is 341. The molecule has 0 amide bonds. The van der Waals surface area contributed by atoms with Crippen LogP contribution in [0.3, 0.4) is 0 Å². The van der Waals surface area contributed by atoms with Gasteiger partial charge in [0.2, 0.25) is 0 Å². The minimum atomic E-state index is 0.658. The summed E-state index contributed by atoms with van der Waals surface area (Å²) in [6.07, 6.45) is 0. The summed E-state index contributed by atoms with van der Waals surface area (Å²) in [5.41, 5.74) is 1.05. The van der Waals surface area contributed by atoms with Gasteiger partial charge in [0.05, 0.1) is 7.11 Å². The Hall–Kier alpha value is -0.930. The maximum Gasteiger partial charge on any atom is 0.165 e. The monoisotopic (exact) mass is 213 g/mol. The Kier molecular flexibility index (Phi) is 2.79. The lowest BCUT2D eigenvalue weighted by atomic mass is 10.2. The third kappa shape index (κ3) is 1.79. The molecular weight excluding hydrogens is 202 g/mol. The number of fused-ring (bicyclic) bond motifs is 1. The van der Waals surface area contributed by atoms with E-state index >= 15 is 0 Å². The first-order valence-corrected chi connectivity index (χ1v) is 4.89. The molecule has 0 bridgehead atoms. The van der Waals surface area contributed by atoms with E-state index in [1.165, 1.54) is 0 Å². The van der Waals surface area contributed by atoms with Crippen LogP contribution in [0.25, 0.3) is 0 Å². The minimum Gasteiger partial charge on any atom is -0.493 e. The second-order valence-corrected chi connectivity index (χ2v) is 3.56. The molecule has 3 nitrogen and oxygen atoms in total. The fraction of sp³-hybridized carbons (Fsp3) is 0.400. The van der Waals surface area contributed by atoms with Crippen LogP contribution in [0.1, 0.15) is 5.56 Å². The highest BCUT2D eigenvalue weighted by Gasteiger charge is 2.14. The molecule has 4 heteroatoms. The van der Waals surface area contributed by atoms with Crippen molar-refractivity contribution in [3.8, 4) is 11.5 Å². The normalized spacial score (nSPS) is 15.3. The van der Waals surface area contributed by atoms with Gasteiger partial charge in [-0.25, -0.2) is 0 Å². The van der Waals surface area contributed by atoms with Crippen molar-refractivity contribution in [2.24, 2.45) is 0 Å². The number of hydrogen-bond acceptors (Lipinski definition) is 3. The summed E-state index contributed by atoms with van der Waals surface area (Å²) in [5.74, 6) is 1.51. The van der Waals surface area contributed by atoms with Gasteiger partial charge >= 0.3 is 0 Å². The summed E-state index contributed by atoms with van der Waals surface area (Å²) < 4.78 is 10.8. The zero-order chi connectivity index (χ0) is 9.97. The lowest BCUT2D eigenvalue weighted by Gasteiger charge is -2.11. The topological polar surface area (TPSA) is 30.5 Å². The van der Waals surface area contributed by atoms with Crippen LogP contribution in [0.5, 0.6) is 11.5 Å². The number of benzene rings is 1. The van der Waals surface area contributed by atoms with Crippen LogP contribution in [0, 0.1) is 0 Å². The van der Waals surface area contributed by atoms with Gasteiger partial charge in [0, 0.05) is 29.7 Å². The van der Waals surface area contributed by atoms with Crippen molar-refractivity contribution in [2.75, 3.05) is 20.3 Å². The number of hydrogen-bond donors (Lipinski definition) is 1. The third-order valence-corrected chi connectivity index (χ3v) is 2.38. The summed E-state index contributed by atoms with van der Waals surface area (Å²) in [7, 11) is 1.62. The van der Waals surface area contributed by atoms with Crippen molar-refractivity contribution in [2.45, 2.75) is 6.54 Å². The average Bonchev–Trinajstić information content (AvgIpc) is 2.41. The van der Waals surface area contributed by atoms with Gasteiger partial charge in [-0.1, -0.05) is 11.6 Å². The molecule has 1 N–H and O–H groups in total. The number of methoxy groups -OCH3 is 1. The van der Waals surface area contributed by atoms with Crippen molar-refractivity contribution in [1.29, 1.82) is 0 Å². The van der Waals surface area contributed by atoms with Gasteiger partial charge in [-0.05, 0) is 6.07 Å². The molecule has 1 aliphatic heterocycles. The predicted octanol–water partition coefficient (Wildman–Crippen LogP) is 1.83. The van der Waals surface area contributed by atoms with Crippen LogP contribution < -0.4 is 14.8 Å². The Balaban J connectivity index is 2.46. The Morgan fingerprint density at radius 1 is 1.50 bits per heavy atom. The molecule has 0 fully saturated rings. The van der Waals surface area contributed by atoms with E-state index in [2.05, 4.69) is 5.32 Å². The standard InChI is InChI=1S/C10H12ClNO2/c1-13-9-5-8(11)4-7-6-12-2-3-14-10(7)9/h4-5,12H,2-3,6H2,1H3. The number of rotatable bonds is 1. The fourth-order valence-electron chi connectivity index (χ4n) is 1.52. The van der Waals surface area contributed by atoms with Gasteiger partial charge in [0.1, 0.15) is 6.61 Å². The van der Waals surface area contributed by atoms with Crippen molar-refractivity contribution in [3.63, 3.8) is 0 Å². The van der Waals surface area contributed by atoms with Crippen molar-refractivity contribution >= 4 is 11.6 Å². The van der Waals surface area contributed by atoms with Crippen molar-refractivity contribution in [3.05, 3.63) is 22.7 Å². The molecule has 0 radical (unpaired) electrons. The van der Waals surface area contributed by atoms with E-state index in [0.29, 0.717) is 17.4 Å². The SMILES string of the molecule is COc1cc(Cl)cc2c1OCCNC2. The quantitative estimate of drug-likeness (QED) is 0.772. The molecule has 2 rings (SSSR count). The number of ether oxygens (including phenoxy) is 2. The zero-order valence-corrected chi connectivity index (χ0v) is 8.73. The molecule has 1 aliphatic rings. The maximum absolute atomic E-state index is 5.95. The molecule has 0 spiro atoms. The Morgan fingerprint density at radius 2 is 2.36 bits per heavy atom. The van der Waals surface area contributed by atoms with Gasteiger partial charge in [-0.3, -0.25) is 0 Å². The Morgan fingerprint density at radius 3 is 3.14 bits per heavy atom. The molecule has 1 aromatic rings. The highest BCUT2D eigenvalue weighted by molar-refractivity contribution is 6.30. The van der Waals surface area contributed by atoms with Gasteiger partial charge in [-0.15, -0.1) is 0 Å². The van der Waals surface area contributed by atoms with Crippen molar-refractivity contribution < 1.29 is 9.47 Å². The maximum atomic E-state index is 5.95. The first-order chi connectivity index (χ1) is 6.81. The molecule has 0 unspecified atom stereocenters. The summed E-state index contributed by atoms with van der Waals surface area (Å²) >= 11 is 5.95. The number of nitrogens with one attached hydrogen (secondary N) is 1. The third-order valence-electron chi connectivity index (χ3n) is 2.16. The second-order valence-electron chi connectivity index (χ2n) is 3.12. The van der Waals surface area contributed by atoms with Gasteiger partial charge in [-0.2, -0.15) is 0 Å². The summed E-state index contributed by atoms with van der Waals surface area (Å²) in [6, 6.07) is 3.67. The first-order valence-electron chi connectivity index (χ1n) is 4.51. The van der Waals surface area contributed by atoms with Crippen molar-refractivity contribution in [1.82, 2.24) is 5.32 Å². The molecule has 76 valence electrons. The lowest BCUT2D eigenvalue weighted by molar-refractivity contribution is 0.301. The molecular formula is C10H12ClNO2. The van der Waals surface area contributed by atoms with E-state index in [1.807, 2.05) is 6.07 Å². The van der Waals surface area contributed by atoms with E-state index in [-0.39, 0.29) is 0 Å². The lowest BCUT2D eigenvalue weighted by Crippen LogP contribution is -2.16. The molecule has 14 heavy (non-hydrogen) atoms. The molecule has 1 aromatic carbocycles. The first kappa shape index (κ1) is 9.62. The molecule has 0 saturated carbocycles. The van der Waals surface area contributed by atoms with E-state index < -0.39 is 0 Å². The summed E-state index contributed by atoms with van der Waals surface area (Å²) in [5, 5.41) is 3.92. The Labute approximate surface area is 88.0 Å². The van der Waals surface area contributed by atoms with Crippen LogP contribution in [0.4, 0.5) is 0 Å². The van der Waals surface area contributed by atoms with Crippen LogP contribution >= 0.6 is 11.6 Å². The molecule has 0 saturated heterocycles. The van der Waals surface area contributed by atoms with Crippen LogP contribution in [-0.4, -0.2) is 20.3 Å². The zero-order valence-electron chi connectivity index (χ0n) is 7.97. The highest BCUT2D eigenvalue weighted by Crippen LogP contribution is 2.35. The minimum absolute atomic E-state index is 0.658. The van der Waals surface area contributed by atoms with Gasteiger partial charge < -0.3 is 14.8 Å². The van der Waals surface area contributed by atoms with E-state index in [1.54, 1.807) is 13.2 Å². The van der Waals surface area contributed by atoms with Crippen LogP contribution in [-0.2, 0) is 6.54 Å². The largest absolute Gasteiger partial charge is 0.493 e.